The molecule has 0 aliphatic heterocycles. The van der Waals surface area contributed by atoms with E-state index in [0.29, 0.717) is 17.3 Å². The zero-order valence-corrected chi connectivity index (χ0v) is 19.0. The van der Waals surface area contributed by atoms with Gasteiger partial charge in [-0.3, -0.25) is 5.32 Å². The van der Waals surface area contributed by atoms with Crippen molar-refractivity contribution in [3.05, 3.63) is 97.0 Å². The number of nitrogens with zero attached hydrogens (tertiary/aromatic N) is 5. The van der Waals surface area contributed by atoms with Gasteiger partial charge in [-0.2, -0.15) is 5.10 Å². The first kappa shape index (κ1) is 21.9. The molecule has 2 amide bonds. The first-order valence-corrected chi connectivity index (χ1v) is 11.1. The first-order valence-electron chi connectivity index (χ1n) is 11.1. The van der Waals surface area contributed by atoms with Gasteiger partial charge in [0, 0.05) is 17.3 Å². The molecule has 5 aromatic rings. The van der Waals surface area contributed by atoms with E-state index in [1.165, 1.54) is 0 Å². The van der Waals surface area contributed by atoms with E-state index in [2.05, 4.69) is 32.7 Å². The molecule has 9 heteroatoms. The van der Waals surface area contributed by atoms with Gasteiger partial charge in [0.15, 0.2) is 5.82 Å². The van der Waals surface area contributed by atoms with Crippen molar-refractivity contribution in [2.45, 2.75) is 13.3 Å². The number of hydrogen-bond acceptors (Lipinski definition) is 5. The largest absolute Gasteiger partial charge is 0.508 e. The zero-order valence-electron chi connectivity index (χ0n) is 19.0. The summed E-state index contributed by atoms with van der Waals surface area (Å²) in [5, 5.41) is 24.0. The summed E-state index contributed by atoms with van der Waals surface area (Å²) in [5.74, 6) is 1.31. The molecule has 174 valence electrons. The van der Waals surface area contributed by atoms with Crippen molar-refractivity contribution in [1.29, 1.82) is 0 Å². The number of carbonyl (C=O) groups excluding carboxylic acids is 1. The van der Waals surface area contributed by atoms with Gasteiger partial charge in [0.25, 0.3) is 0 Å². The molecule has 9 nitrogen and oxygen atoms in total. The van der Waals surface area contributed by atoms with Crippen LogP contribution in [0.4, 0.5) is 16.3 Å². The smallest absolute Gasteiger partial charge is 0.324 e. The Balaban J connectivity index is 1.26. The number of aromatic nitrogens is 5. The van der Waals surface area contributed by atoms with Crippen molar-refractivity contribution in [3.8, 4) is 28.5 Å². The number of nitrogens with one attached hydrogen (secondary N) is 2. The average Bonchev–Trinajstić information content (AvgIpc) is 3.55. The summed E-state index contributed by atoms with van der Waals surface area (Å²) in [6.07, 6.45) is 4.12. The van der Waals surface area contributed by atoms with Crippen molar-refractivity contribution in [3.63, 3.8) is 0 Å². The number of para-hydroxylation sites is 1. The molecule has 0 saturated carbocycles. The van der Waals surface area contributed by atoms with Crippen LogP contribution in [0.3, 0.4) is 0 Å². The molecule has 0 radical (unpaired) electrons. The second-order valence-corrected chi connectivity index (χ2v) is 7.80. The Kier molecular flexibility index (Phi) is 5.96. The molecule has 0 spiro atoms. The van der Waals surface area contributed by atoms with Crippen LogP contribution >= 0.6 is 0 Å². The SMILES string of the molecule is CCc1ccccc1-n1nccc1NC(=O)Nc1ccc(-c2ncn(-c3ccc(O)cc3)n2)cc1. The third-order valence-corrected chi connectivity index (χ3v) is 5.49. The highest BCUT2D eigenvalue weighted by molar-refractivity contribution is 5.99. The monoisotopic (exact) mass is 465 g/mol. The van der Waals surface area contributed by atoms with Crippen LogP contribution in [0.5, 0.6) is 5.75 Å². The molecular weight excluding hydrogens is 442 g/mol. The fourth-order valence-electron chi connectivity index (χ4n) is 3.71. The number of phenols is 1. The highest BCUT2D eigenvalue weighted by atomic mass is 16.3. The summed E-state index contributed by atoms with van der Waals surface area (Å²) in [4.78, 5) is 17.0. The van der Waals surface area contributed by atoms with Gasteiger partial charge in [-0.25, -0.2) is 19.1 Å². The van der Waals surface area contributed by atoms with E-state index in [4.69, 9.17) is 0 Å². The summed E-state index contributed by atoms with van der Waals surface area (Å²) in [6, 6.07) is 23.3. The number of benzene rings is 3. The Bertz CT molecular complexity index is 1450. The number of amides is 2. The fourth-order valence-corrected chi connectivity index (χ4v) is 3.71. The zero-order chi connectivity index (χ0) is 24.2. The number of aromatic hydroxyl groups is 1. The number of anilines is 2. The molecule has 0 fully saturated rings. The van der Waals surface area contributed by atoms with Crippen LogP contribution in [0.15, 0.2) is 91.4 Å². The number of phenolic OH excluding ortho intramolecular Hbond substituents is 1. The lowest BCUT2D eigenvalue weighted by Gasteiger charge is -2.13. The molecule has 5 rings (SSSR count). The Hall–Kier alpha value is -4.92. The Labute approximate surface area is 201 Å². The van der Waals surface area contributed by atoms with Gasteiger partial charge in [-0.1, -0.05) is 25.1 Å². The van der Waals surface area contributed by atoms with Gasteiger partial charge in [-0.15, -0.1) is 5.10 Å². The Morgan fingerprint density at radius 1 is 0.943 bits per heavy atom. The van der Waals surface area contributed by atoms with E-state index in [0.717, 1.165) is 28.9 Å². The van der Waals surface area contributed by atoms with E-state index in [1.54, 1.807) is 64.4 Å². The molecular formula is C26H23N7O2. The Morgan fingerprint density at radius 3 is 2.49 bits per heavy atom. The number of rotatable bonds is 6. The minimum absolute atomic E-state index is 0.191. The van der Waals surface area contributed by atoms with Crippen molar-refractivity contribution in [1.82, 2.24) is 24.5 Å². The average molecular weight is 466 g/mol. The van der Waals surface area contributed by atoms with Gasteiger partial charge < -0.3 is 10.4 Å². The molecule has 3 aromatic carbocycles. The van der Waals surface area contributed by atoms with Crippen LogP contribution in [0.2, 0.25) is 0 Å². The summed E-state index contributed by atoms with van der Waals surface area (Å²) in [6.45, 7) is 2.08. The minimum atomic E-state index is -0.372. The van der Waals surface area contributed by atoms with Gasteiger partial charge in [0.2, 0.25) is 0 Å². The third kappa shape index (κ3) is 4.74. The van der Waals surface area contributed by atoms with Gasteiger partial charge in [-0.05, 0) is 66.6 Å². The lowest BCUT2D eigenvalue weighted by molar-refractivity contribution is 0.262. The van der Waals surface area contributed by atoms with Gasteiger partial charge in [0.1, 0.15) is 17.9 Å². The van der Waals surface area contributed by atoms with Gasteiger partial charge in [0.05, 0.1) is 17.6 Å². The van der Waals surface area contributed by atoms with Crippen LogP contribution in [0.25, 0.3) is 22.8 Å². The summed E-state index contributed by atoms with van der Waals surface area (Å²) in [5.41, 5.74) is 4.29. The van der Waals surface area contributed by atoms with E-state index in [1.807, 2.05) is 36.4 Å². The van der Waals surface area contributed by atoms with E-state index < -0.39 is 0 Å². The van der Waals surface area contributed by atoms with Crippen LogP contribution in [-0.2, 0) is 6.42 Å². The van der Waals surface area contributed by atoms with Crippen LogP contribution in [0.1, 0.15) is 12.5 Å². The maximum absolute atomic E-state index is 12.6. The normalized spacial score (nSPS) is 10.8. The second kappa shape index (κ2) is 9.52. The first-order chi connectivity index (χ1) is 17.1. The van der Waals surface area contributed by atoms with Crippen molar-refractivity contribution in [2.24, 2.45) is 0 Å². The Morgan fingerprint density at radius 2 is 1.71 bits per heavy atom. The lowest BCUT2D eigenvalue weighted by Crippen LogP contribution is -2.21. The summed E-state index contributed by atoms with van der Waals surface area (Å²) < 4.78 is 3.35. The van der Waals surface area contributed by atoms with Crippen LogP contribution < -0.4 is 10.6 Å². The maximum Gasteiger partial charge on any atom is 0.324 e. The molecule has 2 heterocycles. The topological polar surface area (TPSA) is 110 Å². The maximum atomic E-state index is 12.6. The van der Waals surface area contributed by atoms with E-state index in [-0.39, 0.29) is 11.8 Å². The molecule has 0 saturated heterocycles. The van der Waals surface area contributed by atoms with Crippen molar-refractivity contribution in [2.75, 3.05) is 10.6 Å². The molecule has 0 aliphatic rings. The molecule has 2 aromatic heterocycles. The van der Waals surface area contributed by atoms with Gasteiger partial charge >= 0.3 is 6.03 Å². The summed E-state index contributed by atoms with van der Waals surface area (Å²) in [7, 11) is 0. The number of hydrogen-bond donors (Lipinski definition) is 3. The highest BCUT2D eigenvalue weighted by Gasteiger charge is 2.12. The lowest BCUT2D eigenvalue weighted by atomic mass is 10.1. The fraction of sp³-hybridized carbons (Fsp3) is 0.0769. The molecule has 35 heavy (non-hydrogen) atoms. The standard InChI is InChI=1S/C26H23N7O2/c1-2-18-5-3-4-6-23(18)33-24(15-16-28-33)30-26(35)29-20-9-7-19(8-10-20)25-27-17-32(31-25)21-11-13-22(34)14-12-21/h3-17,34H,2H2,1H3,(H2,29,30,35). The quantitative estimate of drug-likeness (QED) is 0.326. The third-order valence-electron chi connectivity index (χ3n) is 5.49. The predicted molar refractivity (Wildman–Crippen MR) is 134 cm³/mol. The number of aryl methyl sites for hydroxylation is 1. The minimum Gasteiger partial charge on any atom is -0.508 e. The highest BCUT2D eigenvalue weighted by Crippen LogP contribution is 2.22. The van der Waals surface area contributed by atoms with Crippen LogP contribution in [-0.4, -0.2) is 35.7 Å². The number of carbonyl (C=O) groups is 1. The second-order valence-electron chi connectivity index (χ2n) is 7.80. The van der Waals surface area contributed by atoms with E-state index >= 15 is 0 Å². The molecule has 0 bridgehead atoms. The van der Waals surface area contributed by atoms with Crippen molar-refractivity contribution < 1.29 is 9.90 Å². The molecule has 0 unspecified atom stereocenters. The molecule has 0 aliphatic carbocycles. The van der Waals surface area contributed by atoms with E-state index in [9.17, 15) is 9.90 Å². The molecule has 0 atom stereocenters. The predicted octanol–water partition coefficient (Wildman–Crippen LogP) is 5.03. The number of urea groups is 1. The summed E-state index contributed by atoms with van der Waals surface area (Å²) >= 11 is 0. The molecule has 3 N–H and O–H groups in total. The van der Waals surface area contributed by atoms with Crippen molar-refractivity contribution >= 4 is 17.5 Å². The van der Waals surface area contributed by atoms with Crippen LogP contribution in [0, 0.1) is 0 Å².